The Kier molecular flexibility index (Phi) is 5.23. The van der Waals surface area contributed by atoms with Crippen LogP contribution in [0.1, 0.15) is 5.56 Å². The molecule has 1 N–H and O–H groups in total. The maximum absolute atomic E-state index is 13.1. The highest BCUT2D eigenvalue weighted by Gasteiger charge is 2.33. The predicted molar refractivity (Wildman–Crippen MR) is 118 cm³/mol. The molecule has 1 heterocycles. The van der Waals surface area contributed by atoms with Crippen molar-refractivity contribution in [1.82, 2.24) is 0 Å². The average Bonchev–Trinajstić information content (AvgIpc) is 2.98. The minimum atomic E-state index is -0.311. The molecule has 1 fully saturated rings. The molecule has 1 aliphatic heterocycles. The highest BCUT2D eigenvalue weighted by Crippen LogP contribution is 2.36. The second-order valence-corrected chi connectivity index (χ2v) is 7.78. The van der Waals surface area contributed by atoms with E-state index in [1.54, 1.807) is 18.2 Å². The first-order chi connectivity index (χ1) is 13.6. The Labute approximate surface area is 171 Å². The summed E-state index contributed by atoms with van der Waals surface area (Å²) in [6.07, 6.45) is 1.73. The molecule has 4 rings (SSSR count). The van der Waals surface area contributed by atoms with Crippen molar-refractivity contribution in [2.45, 2.75) is 0 Å². The van der Waals surface area contributed by atoms with Gasteiger partial charge in [0.1, 0.15) is 5.82 Å². The lowest BCUT2D eigenvalue weighted by atomic mass is 10.2. The lowest BCUT2D eigenvalue weighted by Gasteiger charge is -2.15. The molecule has 1 amide bonds. The van der Waals surface area contributed by atoms with Gasteiger partial charge in [-0.3, -0.25) is 9.69 Å². The summed E-state index contributed by atoms with van der Waals surface area (Å²) in [5.74, 6) is -0.489. The number of halogens is 1. The molecule has 0 aromatic heterocycles. The van der Waals surface area contributed by atoms with Crippen LogP contribution < -0.4 is 10.2 Å². The molecular formula is C22H15FN2OS2. The number of amides is 1. The minimum absolute atomic E-state index is 0.178. The van der Waals surface area contributed by atoms with E-state index in [0.717, 1.165) is 16.9 Å². The zero-order chi connectivity index (χ0) is 19.5. The molecule has 3 aromatic carbocycles. The van der Waals surface area contributed by atoms with Gasteiger partial charge in [-0.05, 0) is 60.2 Å². The van der Waals surface area contributed by atoms with E-state index >= 15 is 0 Å². The number of nitrogens with one attached hydrogen (secondary N) is 1. The van der Waals surface area contributed by atoms with Gasteiger partial charge in [-0.25, -0.2) is 4.39 Å². The van der Waals surface area contributed by atoms with Crippen molar-refractivity contribution >= 4 is 57.3 Å². The normalized spacial score (nSPS) is 15.3. The van der Waals surface area contributed by atoms with Crippen molar-refractivity contribution in [1.29, 1.82) is 0 Å². The molecule has 6 heteroatoms. The van der Waals surface area contributed by atoms with E-state index in [1.807, 2.05) is 54.6 Å². The molecule has 0 spiro atoms. The van der Waals surface area contributed by atoms with E-state index in [2.05, 4.69) is 5.32 Å². The monoisotopic (exact) mass is 406 g/mol. The van der Waals surface area contributed by atoms with Crippen LogP contribution in [0.5, 0.6) is 0 Å². The maximum Gasteiger partial charge on any atom is 0.270 e. The van der Waals surface area contributed by atoms with Crippen LogP contribution in [-0.2, 0) is 4.79 Å². The molecule has 3 aromatic rings. The van der Waals surface area contributed by atoms with Crippen molar-refractivity contribution in [2.24, 2.45) is 0 Å². The average molecular weight is 407 g/mol. The van der Waals surface area contributed by atoms with E-state index < -0.39 is 0 Å². The van der Waals surface area contributed by atoms with Crippen LogP contribution in [0.3, 0.4) is 0 Å². The number of carbonyl (C=O) groups excluding carboxylic acids is 1. The fourth-order valence-electron chi connectivity index (χ4n) is 2.78. The third-order valence-electron chi connectivity index (χ3n) is 4.15. The molecule has 138 valence electrons. The fraction of sp³-hybridized carbons (Fsp3) is 0. The summed E-state index contributed by atoms with van der Waals surface area (Å²) in [6.45, 7) is 0. The van der Waals surface area contributed by atoms with Crippen LogP contribution in [0.2, 0.25) is 0 Å². The van der Waals surface area contributed by atoms with Crippen LogP contribution >= 0.6 is 24.0 Å². The van der Waals surface area contributed by atoms with Gasteiger partial charge in [0.15, 0.2) is 4.32 Å². The largest absolute Gasteiger partial charge is 0.356 e. The SMILES string of the molecule is O=C1/C(=C/c2ccc(F)cc2)SC(=S)N1c1ccc(Nc2ccccc2)cc1. The van der Waals surface area contributed by atoms with E-state index in [4.69, 9.17) is 12.2 Å². The summed E-state index contributed by atoms with van der Waals surface area (Å²) < 4.78 is 13.5. The van der Waals surface area contributed by atoms with Crippen LogP contribution in [0.4, 0.5) is 21.5 Å². The lowest BCUT2D eigenvalue weighted by Crippen LogP contribution is -2.27. The number of thiocarbonyl (C=S) groups is 1. The molecule has 1 aliphatic rings. The lowest BCUT2D eigenvalue weighted by molar-refractivity contribution is -0.113. The number of anilines is 3. The van der Waals surface area contributed by atoms with Crippen molar-refractivity contribution < 1.29 is 9.18 Å². The van der Waals surface area contributed by atoms with Crippen molar-refractivity contribution in [3.63, 3.8) is 0 Å². The molecule has 0 bridgehead atoms. The second-order valence-electron chi connectivity index (χ2n) is 6.11. The summed E-state index contributed by atoms with van der Waals surface area (Å²) in [6, 6.07) is 23.4. The van der Waals surface area contributed by atoms with Crippen molar-refractivity contribution in [3.8, 4) is 0 Å². The highest BCUT2D eigenvalue weighted by molar-refractivity contribution is 8.27. The molecule has 0 aliphatic carbocycles. The van der Waals surface area contributed by atoms with E-state index in [9.17, 15) is 9.18 Å². The van der Waals surface area contributed by atoms with Gasteiger partial charge in [0, 0.05) is 11.4 Å². The minimum Gasteiger partial charge on any atom is -0.356 e. The highest BCUT2D eigenvalue weighted by atomic mass is 32.2. The second kappa shape index (κ2) is 7.96. The first kappa shape index (κ1) is 18.4. The Bertz CT molecular complexity index is 1050. The van der Waals surface area contributed by atoms with Crippen LogP contribution in [0, 0.1) is 5.82 Å². The zero-order valence-electron chi connectivity index (χ0n) is 14.6. The summed E-state index contributed by atoms with van der Waals surface area (Å²) in [5.41, 5.74) is 3.37. The quantitative estimate of drug-likeness (QED) is 0.427. The van der Waals surface area contributed by atoms with Crippen LogP contribution in [0.25, 0.3) is 6.08 Å². The third-order valence-corrected chi connectivity index (χ3v) is 5.45. The molecule has 3 nitrogen and oxygen atoms in total. The summed E-state index contributed by atoms with van der Waals surface area (Å²) in [4.78, 5) is 14.9. The molecule has 0 unspecified atom stereocenters. The smallest absolute Gasteiger partial charge is 0.270 e. The molecule has 1 saturated heterocycles. The Hall–Kier alpha value is -2.96. The van der Waals surface area contributed by atoms with Crippen LogP contribution in [-0.4, -0.2) is 10.2 Å². The van der Waals surface area contributed by atoms with Gasteiger partial charge in [-0.15, -0.1) is 0 Å². The number of carbonyl (C=O) groups is 1. The standard InChI is InChI=1S/C22H15FN2OS2/c23-16-8-6-15(7-9-16)14-20-21(26)25(22(27)28-20)19-12-10-18(11-13-19)24-17-4-2-1-3-5-17/h1-14,24H/b20-14-. The summed E-state index contributed by atoms with van der Waals surface area (Å²) in [7, 11) is 0. The fourth-order valence-corrected chi connectivity index (χ4v) is 4.08. The van der Waals surface area contributed by atoms with E-state index in [0.29, 0.717) is 14.9 Å². The zero-order valence-corrected chi connectivity index (χ0v) is 16.3. The Morgan fingerprint density at radius 3 is 2.21 bits per heavy atom. The van der Waals surface area contributed by atoms with Crippen molar-refractivity contribution in [3.05, 3.63) is 95.1 Å². The number of rotatable bonds is 4. The number of thioether (sulfide) groups is 1. The Morgan fingerprint density at radius 2 is 1.54 bits per heavy atom. The van der Waals surface area contributed by atoms with E-state index in [-0.39, 0.29) is 11.7 Å². The summed E-state index contributed by atoms with van der Waals surface area (Å²) in [5, 5.41) is 3.31. The number of nitrogens with zero attached hydrogens (tertiary/aromatic N) is 1. The van der Waals surface area contributed by atoms with Gasteiger partial charge in [-0.2, -0.15) is 0 Å². The van der Waals surface area contributed by atoms with Gasteiger partial charge in [0.25, 0.3) is 5.91 Å². The molecule has 0 atom stereocenters. The van der Waals surface area contributed by atoms with Gasteiger partial charge in [-0.1, -0.05) is 54.3 Å². The van der Waals surface area contributed by atoms with Crippen molar-refractivity contribution in [2.75, 3.05) is 10.2 Å². The third kappa shape index (κ3) is 3.98. The molecule has 0 radical (unpaired) electrons. The van der Waals surface area contributed by atoms with Gasteiger partial charge >= 0.3 is 0 Å². The maximum atomic E-state index is 13.1. The first-order valence-electron chi connectivity index (χ1n) is 8.56. The Morgan fingerprint density at radius 1 is 0.893 bits per heavy atom. The van der Waals surface area contributed by atoms with Gasteiger partial charge < -0.3 is 5.32 Å². The first-order valence-corrected chi connectivity index (χ1v) is 9.78. The number of hydrogen-bond donors (Lipinski definition) is 1. The molecule has 28 heavy (non-hydrogen) atoms. The Balaban J connectivity index is 1.53. The van der Waals surface area contributed by atoms with Gasteiger partial charge in [0.05, 0.1) is 10.6 Å². The van der Waals surface area contributed by atoms with Gasteiger partial charge in [0.2, 0.25) is 0 Å². The number of hydrogen-bond acceptors (Lipinski definition) is 4. The topological polar surface area (TPSA) is 32.3 Å². The predicted octanol–water partition coefficient (Wildman–Crippen LogP) is 5.98. The number of para-hydroxylation sites is 1. The molecular weight excluding hydrogens is 391 g/mol. The number of benzene rings is 3. The summed E-state index contributed by atoms with van der Waals surface area (Å²) >= 11 is 6.65. The molecule has 0 saturated carbocycles. The van der Waals surface area contributed by atoms with E-state index in [1.165, 1.54) is 28.8 Å². The van der Waals surface area contributed by atoms with Crippen LogP contribution in [0.15, 0.2) is 83.8 Å².